The lowest BCUT2D eigenvalue weighted by Crippen LogP contribution is -2.50. The van der Waals surface area contributed by atoms with Crippen molar-refractivity contribution in [2.24, 2.45) is 0 Å². The Kier molecular flexibility index (Phi) is 5.42. The third kappa shape index (κ3) is 4.94. The highest BCUT2D eigenvalue weighted by Crippen LogP contribution is 2.26. The maximum absolute atomic E-state index is 10.5. The Morgan fingerprint density at radius 3 is 2.12 bits per heavy atom. The first-order valence-corrected chi connectivity index (χ1v) is 6.96. The highest BCUT2D eigenvalue weighted by atomic mass is 16.3. The van der Waals surface area contributed by atoms with Gasteiger partial charge >= 0.3 is 0 Å². The summed E-state index contributed by atoms with van der Waals surface area (Å²) in [6, 6.07) is 0. The molecular weight excluding hydrogens is 212 g/mol. The van der Waals surface area contributed by atoms with Crippen molar-refractivity contribution in [1.29, 1.82) is 0 Å². The molecule has 3 nitrogen and oxygen atoms in total. The average Bonchev–Trinajstić information content (AvgIpc) is 2.43. The first-order valence-electron chi connectivity index (χ1n) is 6.96. The van der Waals surface area contributed by atoms with Crippen LogP contribution in [0.1, 0.15) is 52.4 Å². The Bertz CT molecular complexity index is 218. The lowest BCUT2D eigenvalue weighted by atomic mass is 9.94. The number of hydrogen-bond donors (Lipinski definition) is 2. The highest BCUT2D eigenvalue weighted by Gasteiger charge is 2.28. The van der Waals surface area contributed by atoms with Crippen LogP contribution >= 0.6 is 0 Å². The average molecular weight is 242 g/mol. The summed E-state index contributed by atoms with van der Waals surface area (Å²) in [5.41, 5.74) is -0.319. The zero-order valence-corrected chi connectivity index (χ0v) is 12.1. The summed E-state index contributed by atoms with van der Waals surface area (Å²) in [4.78, 5) is 2.22. The Balaban J connectivity index is 2.34. The van der Waals surface area contributed by atoms with E-state index in [1.807, 2.05) is 0 Å². The Morgan fingerprint density at radius 2 is 1.65 bits per heavy atom. The van der Waals surface area contributed by atoms with Crippen LogP contribution in [-0.2, 0) is 0 Å². The van der Waals surface area contributed by atoms with Gasteiger partial charge in [-0.1, -0.05) is 25.7 Å². The molecule has 0 aliphatic heterocycles. The molecule has 1 fully saturated rings. The van der Waals surface area contributed by atoms with E-state index in [2.05, 4.69) is 38.2 Å². The fraction of sp³-hybridized carbons (Fsp3) is 1.00. The molecule has 0 unspecified atom stereocenters. The first-order chi connectivity index (χ1) is 7.86. The zero-order valence-electron chi connectivity index (χ0n) is 12.1. The molecule has 2 N–H and O–H groups in total. The summed E-state index contributed by atoms with van der Waals surface area (Å²) in [6.07, 6.45) is 6.84. The third-order valence-corrected chi connectivity index (χ3v) is 4.26. The molecule has 1 aliphatic carbocycles. The summed E-state index contributed by atoms with van der Waals surface area (Å²) in [7, 11) is 4.20. The van der Waals surface area contributed by atoms with Crippen molar-refractivity contribution in [2.45, 2.75) is 63.5 Å². The molecule has 3 heteroatoms. The van der Waals surface area contributed by atoms with E-state index < -0.39 is 5.60 Å². The predicted octanol–water partition coefficient (Wildman–Crippen LogP) is 2.00. The first kappa shape index (κ1) is 14.9. The minimum atomic E-state index is -0.459. The molecule has 0 aromatic heterocycles. The quantitative estimate of drug-likeness (QED) is 0.724. The van der Waals surface area contributed by atoms with Crippen LogP contribution in [0, 0.1) is 0 Å². The molecule has 0 bridgehead atoms. The van der Waals surface area contributed by atoms with Gasteiger partial charge in [0.15, 0.2) is 0 Å². The van der Waals surface area contributed by atoms with Crippen molar-refractivity contribution >= 4 is 0 Å². The van der Waals surface area contributed by atoms with Gasteiger partial charge in [-0.25, -0.2) is 0 Å². The van der Waals surface area contributed by atoms with Gasteiger partial charge in [0.1, 0.15) is 0 Å². The molecule has 102 valence electrons. The van der Waals surface area contributed by atoms with E-state index in [1.165, 1.54) is 25.7 Å². The second kappa shape index (κ2) is 6.17. The van der Waals surface area contributed by atoms with Crippen molar-refractivity contribution in [2.75, 3.05) is 27.2 Å². The topological polar surface area (TPSA) is 35.5 Å². The second-order valence-electron chi connectivity index (χ2n) is 6.45. The van der Waals surface area contributed by atoms with Crippen LogP contribution in [0.15, 0.2) is 0 Å². The van der Waals surface area contributed by atoms with E-state index in [4.69, 9.17) is 0 Å². The highest BCUT2D eigenvalue weighted by molar-refractivity contribution is 4.86. The molecule has 0 aromatic carbocycles. The predicted molar refractivity (Wildman–Crippen MR) is 73.3 cm³/mol. The minimum Gasteiger partial charge on any atom is -0.389 e. The minimum absolute atomic E-state index is 0.140. The van der Waals surface area contributed by atoms with Crippen LogP contribution in [0.4, 0.5) is 0 Å². The van der Waals surface area contributed by atoms with Crippen LogP contribution in [0.5, 0.6) is 0 Å². The maximum Gasteiger partial charge on any atom is 0.0771 e. The van der Waals surface area contributed by atoms with Gasteiger partial charge in [-0.2, -0.15) is 0 Å². The summed E-state index contributed by atoms with van der Waals surface area (Å²) in [5.74, 6) is 0. The van der Waals surface area contributed by atoms with Crippen LogP contribution in [0.25, 0.3) is 0 Å². The van der Waals surface area contributed by atoms with Gasteiger partial charge < -0.3 is 15.3 Å². The largest absolute Gasteiger partial charge is 0.389 e. The normalized spacial score (nSPS) is 21.5. The van der Waals surface area contributed by atoms with Crippen LogP contribution in [0.2, 0.25) is 0 Å². The zero-order chi connectivity index (χ0) is 12.9. The van der Waals surface area contributed by atoms with Crippen molar-refractivity contribution in [3.63, 3.8) is 0 Å². The molecule has 0 spiro atoms. The number of rotatable bonds is 5. The smallest absolute Gasteiger partial charge is 0.0771 e. The second-order valence-corrected chi connectivity index (χ2v) is 6.45. The van der Waals surface area contributed by atoms with Crippen LogP contribution < -0.4 is 5.32 Å². The van der Waals surface area contributed by atoms with Gasteiger partial charge in [-0.15, -0.1) is 0 Å². The molecule has 1 rings (SSSR count). The molecule has 0 aromatic rings. The molecular formula is C14H30N2O. The van der Waals surface area contributed by atoms with E-state index in [-0.39, 0.29) is 5.54 Å². The number of likely N-dealkylation sites (N-methyl/N-ethyl adjacent to an activating group) is 1. The van der Waals surface area contributed by atoms with E-state index in [9.17, 15) is 5.11 Å². The molecule has 0 radical (unpaired) electrons. The summed E-state index contributed by atoms with van der Waals surface area (Å²) >= 11 is 0. The van der Waals surface area contributed by atoms with E-state index in [1.54, 1.807) is 0 Å². The van der Waals surface area contributed by atoms with Crippen molar-refractivity contribution in [3.05, 3.63) is 0 Å². The third-order valence-electron chi connectivity index (χ3n) is 4.26. The van der Waals surface area contributed by atoms with Crippen LogP contribution in [-0.4, -0.2) is 48.3 Å². The summed E-state index contributed by atoms with van der Waals surface area (Å²) < 4.78 is 0. The fourth-order valence-electron chi connectivity index (χ4n) is 2.32. The number of nitrogens with zero attached hydrogens (tertiary/aromatic N) is 1. The standard InChI is InChI=1S/C14H30N2O/c1-13(2,16(3)4)11-15-12-14(17)9-7-5-6-8-10-14/h15,17H,5-12H2,1-4H3. The maximum atomic E-state index is 10.5. The van der Waals surface area contributed by atoms with E-state index in [0.717, 1.165) is 25.9 Å². The van der Waals surface area contributed by atoms with E-state index in [0.29, 0.717) is 0 Å². The van der Waals surface area contributed by atoms with Gasteiger partial charge in [0.25, 0.3) is 0 Å². The molecule has 17 heavy (non-hydrogen) atoms. The Hall–Kier alpha value is -0.120. The number of hydrogen-bond acceptors (Lipinski definition) is 3. The number of aliphatic hydroxyl groups is 1. The Labute approximate surface area is 107 Å². The summed E-state index contributed by atoms with van der Waals surface area (Å²) in [6.45, 7) is 6.10. The van der Waals surface area contributed by atoms with Crippen molar-refractivity contribution in [1.82, 2.24) is 10.2 Å². The van der Waals surface area contributed by atoms with Crippen molar-refractivity contribution in [3.8, 4) is 0 Å². The molecule has 1 aliphatic rings. The molecule has 0 amide bonds. The van der Waals surface area contributed by atoms with Gasteiger partial charge in [-0.05, 0) is 40.8 Å². The monoisotopic (exact) mass is 242 g/mol. The van der Waals surface area contributed by atoms with Gasteiger partial charge in [0, 0.05) is 18.6 Å². The van der Waals surface area contributed by atoms with Gasteiger partial charge in [-0.3, -0.25) is 0 Å². The fourth-order valence-corrected chi connectivity index (χ4v) is 2.32. The lowest BCUT2D eigenvalue weighted by molar-refractivity contribution is 0.0223. The molecule has 0 saturated heterocycles. The van der Waals surface area contributed by atoms with Gasteiger partial charge in [0.05, 0.1) is 5.60 Å². The molecule has 1 saturated carbocycles. The van der Waals surface area contributed by atoms with Gasteiger partial charge in [0.2, 0.25) is 0 Å². The number of nitrogens with one attached hydrogen (secondary N) is 1. The van der Waals surface area contributed by atoms with Crippen LogP contribution in [0.3, 0.4) is 0 Å². The lowest BCUT2D eigenvalue weighted by Gasteiger charge is -2.35. The molecule has 0 heterocycles. The molecule has 0 atom stereocenters. The van der Waals surface area contributed by atoms with Crippen molar-refractivity contribution < 1.29 is 5.11 Å². The summed E-state index contributed by atoms with van der Waals surface area (Å²) in [5, 5.41) is 14.0. The SMILES string of the molecule is CN(C)C(C)(C)CNCC1(O)CCCCCC1. The van der Waals surface area contributed by atoms with E-state index >= 15 is 0 Å². The Morgan fingerprint density at radius 1 is 1.12 bits per heavy atom.